The van der Waals surface area contributed by atoms with Crippen molar-refractivity contribution in [2.75, 3.05) is 26.2 Å². The molecule has 0 saturated carbocycles. The number of nitro benzene ring substituents is 1. The first-order valence-electron chi connectivity index (χ1n) is 7.51. The molecule has 7 nitrogen and oxygen atoms in total. The highest BCUT2D eigenvalue weighted by molar-refractivity contribution is 7.89. The fourth-order valence-electron chi connectivity index (χ4n) is 2.65. The summed E-state index contributed by atoms with van der Waals surface area (Å²) in [6, 6.07) is 3.45. The number of hydrogen-bond acceptors (Lipinski definition) is 5. The summed E-state index contributed by atoms with van der Waals surface area (Å²) in [5.74, 6) is 0.466. The Kier molecular flexibility index (Phi) is 7.88. The number of nitro groups is 1. The molecule has 136 valence electrons. The van der Waals surface area contributed by atoms with Gasteiger partial charge in [-0.3, -0.25) is 10.1 Å². The second-order valence-electron chi connectivity index (χ2n) is 5.53. The normalized spacial score (nSPS) is 16.6. The van der Waals surface area contributed by atoms with Crippen LogP contribution in [0.3, 0.4) is 0 Å². The van der Waals surface area contributed by atoms with Gasteiger partial charge in [-0.05, 0) is 37.9 Å². The third-order valence-electron chi connectivity index (χ3n) is 4.00. The number of rotatable bonds is 6. The lowest BCUT2D eigenvalue weighted by Gasteiger charge is -2.31. The van der Waals surface area contributed by atoms with Crippen LogP contribution < -0.4 is 5.32 Å². The van der Waals surface area contributed by atoms with Crippen molar-refractivity contribution in [2.45, 2.75) is 24.7 Å². The zero-order valence-electron chi connectivity index (χ0n) is 13.3. The number of benzene rings is 1. The van der Waals surface area contributed by atoms with Crippen molar-refractivity contribution in [3.8, 4) is 0 Å². The molecule has 1 fully saturated rings. The second kappa shape index (κ2) is 8.96. The highest BCUT2D eigenvalue weighted by atomic mass is 35.5. The second-order valence-corrected chi connectivity index (χ2v) is 7.84. The molecule has 1 aromatic carbocycles. The molecule has 2 rings (SSSR count). The van der Waals surface area contributed by atoms with E-state index in [1.165, 1.54) is 10.4 Å². The lowest BCUT2D eigenvalue weighted by molar-refractivity contribution is -0.384. The molecule has 10 heteroatoms. The number of piperidine rings is 1. The molecule has 0 radical (unpaired) electrons. The molecule has 24 heavy (non-hydrogen) atoms. The Morgan fingerprint density at radius 2 is 2.00 bits per heavy atom. The molecule has 1 heterocycles. The van der Waals surface area contributed by atoms with Gasteiger partial charge in [-0.25, -0.2) is 8.42 Å². The van der Waals surface area contributed by atoms with E-state index in [-0.39, 0.29) is 28.0 Å². The first-order valence-corrected chi connectivity index (χ1v) is 9.33. The topological polar surface area (TPSA) is 92.6 Å². The molecule has 1 aliphatic rings. The summed E-state index contributed by atoms with van der Waals surface area (Å²) in [6.45, 7) is 4.70. The van der Waals surface area contributed by atoms with Crippen LogP contribution in [-0.2, 0) is 10.0 Å². The van der Waals surface area contributed by atoms with Crippen molar-refractivity contribution in [1.82, 2.24) is 9.62 Å². The molecule has 1 aromatic rings. The summed E-state index contributed by atoms with van der Waals surface area (Å²) in [5, 5.41) is 13.9. The van der Waals surface area contributed by atoms with Crippen LogP contribution in [0.5, 0.6) is 0 Å². The lowest BCUT2D eigenvalue weighted by Crippen LogP contribution is -2.40. The minimum Gasteiger partial charge on any atom is -0.317 e. The summed E-state index contributed by atoms with van der Waals surface area (Å²) in [4.78, 5) is 10.0. The Morgan fingerprint density at radius 3 is 2.50 bits per heavy atom. The van der Waals surface area contributed by atoms with Gasteiger partial charge in [-0.1, -0.05) is 18.5 Å². The molecule has 0 bridgehead atoms. The van der Waals surface area contributed by atoms with Crippen molar-refractivity contribution in [3.63, 3.8) is 0 Å². The van der Waals surface area contributed by atoms with Crippen LogP contribution >= 0.6 is 24.0 Å². The van der Waals surface area contributed by atoms with Crippen LogP contribution in [0.4, 0.5) is 5.69 Å². The zero-order valence-corrected chi connectivity index (χ0v) is 15.7. The maximum absolute atomic E-state index is 12.7. The molecular formula is C14H21Cl2N3O4S. The first kappa shape index (κ1) is 21.1. The predicted octanol–water partition coefficient (Wildman–Crippen LogP) is 2.68. The standard InChI is InChI=1S/C14H20ClN3O4S.ClH/c1-2-16-10-11-5-7-17(8-6-11)23(21,22)14-4-3-12(18(19)20)9-13(14)15;/h3-4,9,11,16H,2,5-8,10H2,1H3;1H. The number of sulfonamides is 1. The quantitative estimate of drug-likeness (QED) is 0.588. The fourth-order valence-corrected chi connectivity index (χ4v) is 4.64. The maximum Gasteiger partial charge on any atom is 0.271 e. The van der Waals surface area contributed by atoms with Crippen LogP contribution in [0.1, 0.15) is 19.8 Å². The molecule has 1 aliphatic heterocycles. The van der Waals surface area contributed by atoms with Crippen LogP contribution in [0, 0.1) is 16.0 Å². The number of nitrogens with zero attached hydrogens (tertiary/aromatic N) is 2. The van der Waals surface area contributed by atoms with E-state index < -0.39 is 14.9 Å². The smallest absolute Gasteiger partial charge is 0.271 e. The Morgan fingerprint density at radius 1 is 1.38 bits per heavy atom. The van der Waals surface area contributed by atoms with Gasteiger partial charge in [-0.15, -0.1) is 12.4 Å². The van der Waals surface area contributed by atoms with E-state index in [0.29, 0.717) is 19.0 Å². The van der Waals surface area contributed by atoms with E-state index in [2.05, 4.69) is 5.32 Å². The molecule has 0 atom stereocenters. The van der Waals surface area contributed by atoms with Crippen LogP contribution in [0.25, 0.3) is 0 Å². The Labute approximate surface area is 153 Å². The average molecular weight is 398 g/mol. The predicted molar refractivity (Wildman–Crippen MR) is 95.4 cm³/mol. The first-order chi connectivity index (χ1) is 10.9. The minimum absolute atomic E-state index is 0. The van der Waals surface area contributed by atoms with Crippen molar-refractivity contribution < 1.29 is 13.3 Å². The third-order valence-corrected chi connectivity index (χ3v) is 6.38. The van der Waals surface area contributed by atoms with E-state index in [9.17, 15) is 18.5 Å². The summed E-state index contributed by atoms with van der Waals surface area (Å²) in [7, 11) is -3.72. The highest BCUT2D eigenvalue weighted by Gasteiger charge is 2.31. The van der Waals surface area contributed by atoms with E-state index >= 15 is 0 Å². The van der Waals surface area contributed by atoms with Crippen LogP contribution in [-0.4, -0.2) is 43.8 Å². The van der Waals surface area contributed by atoms with E-state index in [0.717, 1.165) is 38.1 Å². The Bertz CT molecular complexity index is 677. The molecule has 0 amide bonds. The minimum atomic E-state index is -3.72. The van der Waals surface area contributed by atoms with E-state index in [1.807, 2.05) is 6.92 Å². The van der Waals surface area contributed by atoms with Gasteiger partial charge in [0.05, 0.1) is 9.95 Å². The number of nitrogens with one attached hydrogen (secondary N) is 1. The largest absolute Gasteiger partial charge is 0.317 e. The van der Waals surface area contributed by atoms with Gasteiger partial charge in [0.1, 0.15) is 4.90 Å². The van der Waals surface area contributed by atoms with Gasteiger partial charge in [-0.2, -0.15) is 4.31 Å². The van der Waals surface area contributed by atoms with Gasteiger partial charge in [0.25, 0.3) is 5.69 Å². The number of halogens is 2. The Balaban J connectivity index is 0.00000288. The molecule has 1 N–H and O–H groups in total. The molecule has 0 aliphatic carbocycles. The van der Waals surface area contributed by atoms with Crippen molar-refractivity contribution in [1.29, 1.82) is 0 Å². The zero-order chi connectivity index (χ0) is 17.0. The van der Waals surface area contributed by atoms with Gasteiger partial charge >= 0.3 is 0 Å². The SMILES string of the molecule is CCNCC1CCN(S(=O)(=O)c2ccc([N+](=O)[O-])cc2Cl)CC1.Cl. The Hall–Kier alpha value is -0.930. The van der Waals surface area contributed by atoms with E-state index in [1.54, 1.807) is 0 Å². The van der Waals surface area contributed by atoms with Gasteiger partial charge in [0, 0.05) is 25.2 Å². The average Bonchev–Trinajstić information content (AvgIpc) is 2.52. The van der Waals surface area contributed by atoms with Gasteiger partial charge < -0.3 is 5.32 Å². The van der Waals surface area contributed by atoms with Crippen molar-refractivity contribution in [3.05, 3.63) is 33.3 Å². The number of non-ortho nitro benzene ring substituents is 1. The van der Waals surface area contributed by atoms with Gasteiger partial charge in [0.15, 0.2) is 0 Å². The summed E-state index contributed by atoms with van der Waals surface area (Å²) >= 11 is 5.95. The summed E-state index contributed by atoms with van der Waals surface area (Å²) in [6.07, 6.45) is 1.58. The lowest BCUT2D eigenvalue weighted by atomic mass is 9.98. The maximum atomic E-state index is 12.7. The van der Waals surface area contributed by atoms with E-state index in [4.69, 9.17) is 11.6 Å². The molecular weight excluding hydrogens is 377 g/mol. The highest BCUT2D eigenvalue weighted by Crippen LogP contribution is 2.30. The fraction of sp³-hybridized carbons (Fsp3) is 0.571. The van der Waals surface area contributed by atoms with Crippen LogP contribution in [0.2, 0.25) is 5.02 Å². The molecule has 0 unspecified atom stereocenters. The summed E-state index contributed by atoms with van der Waals surface area (Å²) < 4.78 is 26.7. The van der Waals surface area contributed by atoms with Crippen molar-refractivity contribution in [2.24, 2.45) is 5.92 Å². The molecule has 1 saturated heterocycles. The van der Waals surface area contributed by atoms with Crippen LogP contribution in [0.15, 0.2) is 23.1 Å². The molecule has 0 aromatic heterocycles. The van der Waals surface area contributed by atoms with Crippen molar-refractivity contribution >= 4 is 39.7 Å². The number of hydrogen-bond donors (Lipinski definition) is 1. The molecule has 0 spiro atoms. The third kappa shape index (κ3) is 4.80. The summed E-state index contributed by atoms with van der Waals surface area (Å²) in [5.41, 5.74) is -0.224. The monoisotopic (exact) mass is 397 g/mol. The van der Waals surface area contributed by atoms with Gasteiger partial charge in [0.2, 0.25) is 10.0 Å².